The number of β-amino-alcohol motifs (C(OH)–C–C–N with tert-alkyl or cyclic N) is 1. The van der Waals surface area contributed by atoms with Crippen molar-refractivity contribution in [1.29, 1.82) is 0 Å². The molecule has 1 aromatic rings. The van der Waals surface area contributed by atoms with E-state index in [1.54, 1.807) is 6.07 Å². The molecule has 0 bridgehead atoms. The van der Waals surface area contributed by atoms with E-state index in [9.17, 15) is 13.5 Å². The van der Waals surface area contributed by atoms with Crippen LogP contribution in [0.4, 0.5) is 11.6 Å². The molecule has 1 aromatic heterocycles. The summed E-state index contributed by atoms with van der Waals surface area (Å²) in [4.78, 5) is 10.3. The van der Waals surface area contributed by atoms with E-state index >= 15 is 0 Å². The average molecular weight is 347 g/mol. The second kappa shape index (κ2) is 6.57. The van der Waals surface area contributed by atoms with Gasteiger partial charge in [0.25, 0.3) is 0 Å². The lowest BCUT2D eigenvalue weighted by atomic mass is 10.1. The number of anilines is 2. The van der Waals surface area contributed by atoms with Gasteiger partial charge < -0.3 is 15.7 Å². The maximum absolute atomic E-state index is 12.0. The highest BCUT2D eigenvalue weighted by Gasteiger charge is 2.36. The van der Waals surface area contributed by atoms with Crippen LogP contribution in [0.15, 0.2) is 11.2 Å². The zero-order valence-corrected chi connectivity index (χ0v) is 14.4. The molecule has 0 aromatic carbocycles. The van der Waals surface area contributed by atoms with Crippen LogP contribution >= 0.6 is 11.8 Å². The highest BCUT2D eigenvalue weighted by atomic mass is 32.2. The Kier molecular flexibility index (Phi) is 5.15. The summed E-state index contributed by atoms with van der Waals surface area (Å²) in [5.74, 6) is 0.517. The minimum atomic E-state index is -3.36. The average Bonchev–Trinajstić information content (AvgIpc) is 2.78. The molecule has 0 amide bonds. The first-order valence-corrected chi connectivity index (χ1v) is 9.58. The van der Waals surface area contributed by atoms with Crippen LogP contribution in [0, 0.1) is 5.92 Å². The predicted molar refractivity (Wildman–Crippen MR) is 87.4 cm³/mol. The monoisotopic (exact) mass is 347 g/mol. The van der Waals surface area contributed by atoms with Gasteiger partial charge in [-0.15, -0.1) is 0 Å². The van der Waals surface area contributed by atoms with Gasteiger partial charge in [0.15, 0.2) is 5.16 Å². The molecule has 2 rings (SSSR count). The molecular weight excluding hydrogens is 326 g/mol. The molecule has 2 atom stereocenters. The van der Waals surface area contributed by atoms with Gasteiger partial charge in [0, 0.05) is 39.2 Å². The van der Waals surface area contributed by atoms with Crippen molar-refractivity contribution in [3.8, 4) is 0 Å². The van der Waals surface area contributed by atoms with E-state index in [2.05, 4.69) is 9.97 Å². The molecule has 0 unspecified atom stereocenters. The van der Waals surface area contributed by atoms with Crippen LogP contribution < -0.4 is 10.6 Å². The third-order valence-electron chi connectivity index (χ3n) is 3.61. The Morgan fingerprint density at radius 1 is 1.45 bits per heavy atom. The van der Waals surface area contributed by atoms with Crippen molar-refractivity contribution in [2.45, 2.75) is 11.3 Å². The van der Waals surface area contributed by atoms with E-state index in [1.165, 1.54) is 30.2 Å². The summed E-state index contributed by atoms with van der Waals surface area (Å²) in [6.07, 6.45) is 1.13. The maximum atomic E-state index is 12.0. The topological polar surface area (TPSA) is 113 Å². The second-order valence-corrected chi connectivity index (χ2v) is 8.43. The minimum absolute atomic E-state index is 0.0897. The summed E-state index contributed by atoms with van der Waals surface area (Å²) in [7, 11) is -0.375. The quantitative estimate of drug-likeness (QED) is 0.540. The molecule has 1 aliphatic heterocycles. The first-order chi connectivity index (χ1) is 10.2. The number of aliphatic hydroxyl groups excluding tert-OH is 1. The van der Waals surface area contributed by atoms with Crippen molar-refractivity contribution in [1.82, 2.24) is 14.3 Å². The highest BCUT2D eigenvalue weighted by molar-refractivity contribution is 7.98. The summed E-state index contributed by atoms with van der Waals surface area (Å²) in [6, 6.07) is 1.63. The molecule has 2 heterocycles. The fraction of sp³-hybridized carbons (Fsp3) is 0.667. The van der Waals surface area contributed by atoms with Crippen molar-refractivity contribution >= 4 is 33.4 Å². The van der Waals surface area contributed by atoms with Crippen LogP contribution in [0.1, 0.15) is 0 Å². The van der Waals surface area contributed by atoms with E-state index < -0.39 is 16.1 Å². The highest BCUT2D eigenvalue weighted by Crippen LogP contribution is 2.26. The molecule has 10 heteroatoms. The zero-order chi connectivity index (χ0) is 16.5. The SMILES string of the molecule is CSc1nc(N)cc(N2C[C@@H](CS(=O)(=O)N(C)C)[C@H](O)C2)n1. The van der Waals surface area contributed by atoms with E-state index in [-0.39, 0.29) is 11.7 Å². The molecule has 8 nitrogen and oxygen atoms in total. The van der Waals surface area contributed by atoms with Crippen LogP contribution in [0.3, 0.4) is 0 Å². The van der Waals surface area contributed by atoms with Crippen molar-refractivity contribution in [3.05, 3.63) is 6.07 Å². The van der Waals surface area contributed by atoms with E-state index in [0.29, 0.717) is 29.9 Å². The summed E-state index contributed by atoms with van der Waals surface area (Å²) in [5, 5.41) is 10.7. The van der Waals surface area contributed by atoms with Crippen molar-refractivity contribution in [2.75, 3.05) is 49.8 Å². The molecule has 0 aliphatic carbocycles. The molecule has 124 valence electrons. The first-order valence-electron chi connectivity index (χ1n) is 6.74. The smallest absolute Gasteiger partial charge is 0.214 e. The third-order valence-corrected chi connectivity index (χ3v) is 6.12. The molecular formula is C12H21N5O3S2. The van der Waals surface area contributed by atoms with Gasteiger partial charge in [-0.2, -0.15) is 0 Å². The number of thioether (sulfide) groups is 1. The molecule has 1 aliphatic rings. The Morgan fingerprint density at radius 3 is 2.73 bits per heavy atom. The number of aliphatic hydroxyl groups is 1. The standard InChI is InChI=1S/C12H21N5O3S2/c1-16(2)22(19,20)7-8-5-17(6-9(8)18)11-4-10(13)14-12(15-11)21-3/h4,8-9,18H,5-7H2,1-3H3,(H2,13,14,15)/t8-,9+/m0/s1. The lowest BCUT2D eigenvalue weighted by Crippen LogP contribution is -2.33. The Morgan fingerprint density at radius 2 is 2.14 bits per heavy atom. The van der Waals surface area contributed by atoms with Gasteiger partial charge in [0.2, 0.25) is 10.0 Å². The van der Waals surface area contributed by atoms with Gasteiger partial charge in [-0.05, 0) is 6.26 Å². The van der Waals surface area contributed by atoms with Crippen LogP contribution in [0.2, 0.25) is 0 Å². The van der Waals surface area contributed by atoms with Crippen molar-refractivity contribution in [3.63, 3.8) is 0 Å². The first kappa shape index (κ1) is 17.3. The van der Waals surface area contributed by atoms with Crippen LogP contribution in [0.5, 0.6) is 0 Å². The largest absolute Gasteiger partial charge is 0.391 e. The van der Waals surface area contributed by atoms with Gasteiger partial charge in [-0.1, -0.05) is 11.8 Å². The Balaban J connectivity index is 2.15. The Labute approximate surface area is 134 Å². The number of aromatic nitrogens is 2. The number of sulfonamides is 1. The van der Waals surface area contributed by atoms with E-state index in [0.717, 1.165) is 0 Å². The van der Waals surface area contributed by atoms with E-state index in [4.69, 9.17) is 5.73 Å². The lowest BCUT2D eigenvalue weighted by molar-refractivity contribution is 0.157. The van der Waals surface area contributed by atoms with Crippen LogP contribution in [0.25, 0.3) is 0 Å². The molecule has 1 fully saturated rings. The molecule has 1 saturated heterocycles. The molecule has 22 heavy (non-hydrogen) atoms. The van der Waals surface area contributed by atoms with Crippen LogP contribution in [-0.2, 0) is 10.0 Å². The number of nitrogens with two attached hydrogens (primary N) is 1. The Hall–Kier alpha value is -1.10. The van der Waals surface area contributed by atoms with E-state index in [1.807, 2.05) is 11.2 Å². The second-order valence-electron chi connectivity index (χ2n) is 5.43. The third kappa shape index (κ3) is 3.80. The Bertz CT molecular complexity index is 638. The number of hydrogen-bond donors (Lipinski definition) is 2. The molecule has 0 radical (unpaired) electrons. The number of nitrogen functional groups attached to an aromatic ring is 1. The van der Waals surface area contributed by atoms with Gasteiger partial charge in [-0.25, -0.2) is 22.7 Å². The van der Waals surface area contributed by atoms with Crippen molar-refractivity contribution in [2.24, 2.45) is 5.92 Å². The lowest BCUT2D eigenvalue weighted by Gasteiger charge is -2.19. The fourth-order valence-electron chi connectivity index (χ4n) is 2.31. The van der Waals surface area contributed by atoms with Gasteiger partial charge in [0.05, 0.1) is 11.9 Å². The number of nitrogens with zero attached hydrogens (tertiary/aromatic N) is 4. The summed E-state index contributed by atoms with van der Waals surface area (Å²) in [5.41, 5.74) is 5.76. The van der Waals surface area contributed by atoms with Crippen LogP contribution in [-0.4, -0.2) is 73.1 Å². The summed E-state index contributed by atoms with van der Waals surface area (Å²) in [6.45, 7) is 0.746. The van der Waals surface area contributed by atoms with Crippen molar-refractivity contribution < 1.29 is 13.5 Å². The van der Waals surface area contributed by atoms with Gasteiger partial charge in [-0.3, -0.25) is 0 Å². The maximum Gasteiger partial charge on any atom is 0.214 e. The minimum Gasteiger partial charge on any atom is -0.391 e. The number of rotatable bonds is 5. The van der Waals surface area contributed by atoms with Gasteiger partial charge >= 0.3 is 0 Å². The zero-order valence-electron chi connectivity index (χ0n) is 12.8. The predicted octanol–water partition coefficient (Wildman–Crippen LogP) is -0.531. The normalized spacial score (nSPS) is 22.5. The number of hydrogen-bond acceptors (Lipinski definition) is 8. The fourth-order valence-corrected chi connectivity index (χ4v) is 3.86. The molecule has 0 saturated carbocycles. The molecule has 0 spiro atoms. The van der Waals surface area contributed by atoms with Gasteiger partial charge in [0.1, 0.15) is 11.6 Å². The molecule has 3 N–H and O–H groups in total. The summed E-state index contributed by atoms with van der Waals surface area (Å²) >= 11 is 1.38. The summed E-state index contributed by atoms with van der Waals surface area (Å²) < 4.78 is 25.1.